The lowest BCUT2D eigenvalue weighted by Crippen LogP contribution is -2.54. The summed E-state index contributed by atoms with van der Waals surface area (Å²) in [6.45, 7) is 8.02. The highest BCUT2D eigenvalue weighted by atomic mass is 16.3. The van der Waals surface area contributed by atoms with E-state index in [9.17, 15) is 5.11 Å². The van der Waals surface area contributed by atoms with Crippen molar-refractivity contribution in [2.75, 3.05) is 23.3 Å². The molecule has 4 heterocycles. The number of aromatic hydroxyl groups is 1. The minimum atomic E-state index is 0.0431. The molecule has 0 saturated carbocycles. The lowest BCUT2D eigenvalue weighted by atomic mass is 10.1. The van der Waals surface area contributed by atoms with Crippen LogP contribution in [0.15, 0.2) is 42.7 Å². The number of pyridine rings is 2. The van der Waals surface area contributed by atoms with E-state index in [0.717, 1.165) is 30.3 Å². The Hall–Kier alpha value is -3.26. The lowest BCUT2D eigenvalue weighted by molar-refractivity contribution is 0.404. The molecule has 0 amide bonds. The normalized spacial score (nSPS) is 19.2. The van der Waals surface area contributed by atoms with Crippen molar-refractivity contribution in [2.45, 2.75) is 32.9 Å². The van der Waals surface area contributed by atoms with Crippen LogP contribution in [0.25, 0.3) is 11.4 Å². The van der Waals surface area contributed by atoms with E-state index >= 15 is 0 Å². The standard InChI is InChI=1S/C21H25N7O/c1-13-4-5-16(9-22-13)25-17-8-19(29)21(23-10-17)18-6-7-20(27-26-18)28-11-14(2)24-15(3)12-28/h4-10,14-15,24-25,29H,11-12H2,1-3H3/t14-,15-/m1/s1. The van der Waals surface area contributed by atoms with E-state index in [1.165, 1.54) is 0 Å². The molecule has 0 aliphatic carbocycles. The molecule has 150 valence electrons. The minimum Gasteiger partial charge on any atom is -0.506 e. The molecule has 29 heavy (non-hydrogen) atoms. The van der Waals surface area contributed by atoms with Crippen LogP contribution >= 0.6 is 0 Å². The summed E-state index contributed by atoms with van der Waals surface area (Å²) in [5.41, 5.74) is 3.38. The van der Waals surface area contributed by atoms with Crippen molar-refractivity contribution < 1.29 is 5.11 Å². The first kappa shape index (κ1) is 19.1. The van der Waals surface area contributed by atoms with Crippen molar-refractivity contribution in [3.05, 3.63) is 48.4 Å². The van der Waals surface area contributed by atoms with Gasteiger partial charge in [-0.1, -0.05) is 0 Å². The summed E-state index contributed by atoms with van der Waals surface area (Å²) in [4.78, 5) is 10.8. The van der Waals surface area contributed by atoms with Crippen LogP contribution in [-0.2, 0) is 0 Å². The van der Waals surface area contributed by atoms with Crippen molar-refractivity contribution in [2.24, 2.45) is 0 Å². The number of hydrogen-bond donors (Lipinski definition) is 3. The number of nitrogens with zero attached hydrogens (tertiary/aromatic N) is 5. The summed E-state index contributed by atoms with van der Waals surface area (Å²) in [6, 6.07) is 10.0. The molecule has 0 spiro atoms. The third-order valence-electron chi connectivity index (χ3n) is 4.84. The van der Waals surface area contributed by atoms with Gasteiger partial charge in [0.15, 0.2) is 5.82 Å². The Morgan fingerprint density at radius 3 is 2.38 bits per heavy atom. The summed E-state index contributed by atoms with van der Waals surface area (Å²) >= 11 is 0. The largest absolute Gasteiger partial charge is 0.506 e. The molecular weight excluding hydrogens is 366 g/mol. The van der Waals surface area contributed by atoms with Gasteiger partial charge >= 0.3 is 0 Å². The number of hydrogen-bond acceptors (Lipinski definition) is 8. The molecule has 0 unspecified atom stereocenters. The Morgan fingerprint density at radius 2 is 1.76 bits per heavy atom. The van der Waals surface area contributed by atoms with Crippen molar-refractivity contribution in [3.8, 4) is 17.1 Å². The molecule has 4 rings (SSSR count). The van der Waals surface area contributed by atoms with E-state index in [0.29, 0.717) is 29.2 Å². The second kappa shape index (κ2) is 8.00. The summed E-state index contributed by atoms with van der Waals surface area (Å²) in [6.07, 6.45) is 3.40. The van der Waals surface area contributed by atoms with Gasteiger partial charge in [-0.2, -0.15) is 0 Å². The Kier molecular flexibility index (Phi) is 5.26. The number of rotatable bonds is 4. The number of anilines is 3. The van der Waals surface area contributed by atoms with Gasteiger partial charge in [0, 0.05) is 36.9 Å². The maximum absolute atomic E-state index is 10.4. The molecule has 8 nitrogen and oxygen atoms in total. The van der Waals surface area contributed by atoms with Gasteiger partial charge in [0.1, 0.15) is 17.1 Å². The summed E-state index contributed by atoms with van der Waals surface area (Å²) in [5, 5.41) is 25.8. The monoisotopic (exact) mass is 391 g/mol. The fourth-order valence-electron chi connectivity index (χ4n) is 3.56. The van der Waals surface area contributed by atoms with Gasteiger partial charge in [-0.15, -0.1) is 10.2 Å². The molecule has 1 fully saturated rings. The first-order valence-electron chi connectivity index (χ1n) is 9.72. The molecular formula is C21H25N7O. The van der Waals surface area contributed by atoms with Gasteiger partial charge in [-0.3, -0.25) is 4.98 Å². The fourth-order valence-corrected chi connectivity index (χ4v) is 3.56. The fraction of sp³-hybridized carbons (Fsp3) is 0.333. The second-order valence-corrected chi connectivity index (χ2v) is 7.56. The van der Waals surface area contributed by atoms with Gasteiger partial charge in [-0.25, -0.2) is 4.98 Å². The number of aromatic nitrogens is 4. The molecule has 1 aliphatic heterocycles. The third-order valence-corrected chi connectivity index (χ3v) is 4.84. The lowest BCUT2D eigenvalue weighted by Gasteiger charge is -2.36. The SMILES string of the molecule is Cc1ccc(Nc2cnc(-c3ccc(N4C[C@@H](C)N[C@H](C)C4)nn3)c(O)c2)cn1. The van der Waals surface area contributed by atoms with Crippen molar-refractivity contribution in [3.63, 3.8) is 0 Å². The van der Waals surface area contributed by atoms with Crippen LogP contribution in [0.4, 0.5) is 17.2 Å². The summed E-state index contributed by atoms with van der Waals surface area (Å²) < 4.78 is 0. The highest BCUT2D eigenvalue weighted by molar-refractivity contribution is 5.68. The Morgan fingerprint density at radius 1 is 1.00 bits per heavy atom. The highest BCUT2D eigenvalue weighted by Gasteiger charge is 2.22. The molecule has 2 atom stereocenters. The second-order valence-electron chi connectivity index (χ2n) is 7.56. The van der Waals surface area contributed by atoms with Crippen LogP contribution < -0.4 is 15.5 Å². The topological polar surface area (TPSA) is 99.1 Å². The van der Waals surface area contributed by atoms with Gasteiger partial charge < -0.3 is 20.6 Å². The highest BCUT2D eigenvalue weighted by Crippen LogP contribution is 2.29. The van der Waals surface area contributed by atoms with Crippen LogP contribution in [0.5, 0.6) is 5.75 Å². The zero-order chi connectivity index (χ0) is 20.4. The molecule has 1 saturated heterocycles. The zero-order valence-corrected chi connectivity index (χ0v) is 16.8. The Bertz CT molecular complexity index is 965. The molecule has 3 aromatic heterocycles. The number of piperazine rings is 1. The van der Waals surface area contributed by atoms with Crippen molar-refractivity contribution >= 4 is 17.2 Å². The first-order chi connectivity index (χ1) is 14.0. The Labute approximate surface area is 170 Å². The Balaban J connectivity index is 1.50. The van der Waals surface area contributed by atoms with E-state index in [1.807, 2.05) is 31.2 Å². The van der Waals surface area contributed by atoms with Gasteiger partial charge in [0.05, 0.1) is 23.8 Å². The van der Waals surface area contributed by atoms with Crippen LogP contribution in [0.1, 0.15) is 19.5 Å². The van der Waals surface area contributed by atoms with E-state index in [-0.39, 0.29) is 5.75 Å². The maximum atomic E-state index is 10.4. The molecule has 8 heteroatoms. The third kappa shape index (κ3) is 4.43. The van der Waals surface area contributed by atoms with Gasteiger partial charge in [0.25, 0.3) is 0 Å². The first-order valence-corrected chi connectivity index (χ1v) is 9.72. The van der Waals surface area contributed by atoms with Gasteiger partial charge in [0.2, 0.25) is 0 Å². The molecule has 3 aromatic rings. The van der Waals surface area contributed by atoms with E-state index in [4.69, 9.17) is 0 Å². The number of aryl methyl sites for hydroxylation is 1. The van der Waals surface area contributed by atoms with E-state index in [1.54, 1.807) is 18.5 Å². The quantitative estimate of drug-likeness (QED) is 0.624. The van der Waals surface area contributed by atoms with Crippen molar-refractivity contribution in [1.82, 2.24) is 25.5 Å². The van der Waals surface area contributed by atoms with E-state index < -0.39 is 0 Å². The van der Waals surface area contributed by atoms with Gasteiger partial charge in [-0.05, 0) is 45.0 Å². The smallest absolute Gasteiger partial charge is 0.151 e. The van der Waals surface area contributed by atoms with Crippen LogP contribution in [0.3, 0.4) is 0 Å². The molecule has 0 bridgehead atoms. The summed E-state index contributed by atoms with van der Waals surface area (Å²) in [5.74, 6) is 0.875. The van der Waals surface area contributed by atoms with Crippen LogP contribution in [-0.4, -0.2) is 50.4 Å². The number of nitrogens with one attached hydrogen (secondary N) is 2. The minimum absolute atomic E-state index is 0.0431. The van der Waals surface area contributed by atoms with Crippen molar-refractivity contribution in [1.29, 1.82) is 0 Å². The summed E-state index contributed by atoms with van der Waals surface area (Å²) in [7, 11) is 0. The predicted octanol–water partition coefficient (Wildman–Crippen LogP) is 2.88. The molecule has 3 N–H and O–H groups in total. The maximum Gasteiger partial charge on any atom is 0.151 e. The average molecular weight is 391 g/mol. The molecule has 1 aliphatic rings. The molecule has 0 aromatic carbocycles. The average Bonchev–Trinajstić information content (AvgIpc) is 2.69. The van der Waals surface area contributed by atoms with Crippen LogP contribution in [0, 0.1) is 6.92 Å². The van der Waals surface area contributed by atoms with E-state index in [2.05, 4.69) is 49.5 Å². The van der Waals surface area contributed by atoms with Crippen LogP contribution in [0.2, 0.25) is 0 Å². The predicted molar refractivity (Wildman–Crippen MR) is 113 cm³/mol. The molecule has 0 radical (unpaired) electrons. The zero-order valence-electron chi connectivity index (χ0n) is 16.8.